The van der Waals surface area contributed by atoms with Crippen molar-refractivity contribution in [3.8, 4) is 0 Å². The molecule has 1 N–H and O–H groups in total. The molecule has 0 aliphatic carbocycles. The van der Waals surface area contributed by atoms with Gasteiger partial charge in [0.05, 0.1) is 11.9 Å². The lowest BCUT2D eigenvalue weighted by atomic mass is 10.1. The fourth-order valence-electron chi connectivity index (χ4n) is 2.61. The Bertz CT molecular complexity index is 882. The van der Waals surface area contributed by atoms with Gasteiger partial charge in [0.15, 0.2) is 5.43 Å². The Morgan fingerprint density at radius 1 is 1.00 bits per heavy atom. The van der Waals surface area contributed by atoms with Crippen molar-refractivity contribution in [2.75, 3.05) is 0 Å². The van der Waals surface area contributed by atoms with E-state index < -0.39 is 5.97 Å². The predicted octanol–water partition coefficient (Wildman–Crippen LogP) is 2.68. The van der Waals surface area contributed by atoms with Crippen LogP contribution in [0, 0.1) is 0 Å². The minimum atomic E-state index is -1.00. The molecule has 3 aromatic rings. The zero-order chi connectivity index (χ0) is 15.5. The molecule has 0 saturated heterocycles. The Morgan fingerprint density at radius 2 is 1.68 bits per heavy atom. The van der Waals surface area contributed by atoms with Gasteiger partial charge in [-0.1, -0.05) is 42.5 Å². The van der Waals surface area contributed by atoms with Crippen LogP contribution in [0.4, 0.5) is 0 Å². The zero-order valence-corrected chi connectivity index (χ0v) is 11.9. The molecule has 22 heavy (non-hydrogen) atoms. The van der Waals surface area contributed by atoms with E-state index in [-0.39, 0.29) is 11.8 Å². The summed E-state index contributed by atoms with van der Waals surface area (Å²) < 4.78 is 1.93. The molecule has 0 atom stereocenters. The molecule has 0 bridgehead atoms. The van der Waals surface area contributed by atoms with Crippen molar-refractivity contribution in [2.45, 2.75) is 13.0 Å². The van der Waals surface area contributed by atoms with Gasteiger partial charge < -0.3 is 9.67 Å². The minimum absolute atomic E-state index is 0.206. The van der Waals surface area contributed by atoms with E-state index in [0.29, 0.717) is 17.5 Å². The van der Waals surface area contributed by atoms with Crippen molar-refractivity contribution in [3.63, 3.8) is 0 Å². The van der Waals surface area contributed by atoms with Crippen LogP contribution in [0.3, 0.4) is 0 Å². The van der Waals surface area contributed by atoms with Gasteiger partial charge in [-0.3, -0.25) is 9.59 Å². The summed E-state index contributed by atoms with van der Waals surface area (Å²) in [6.07, 6.45) is 1.39. The first-order chi connectivity index (χ1) is 10.6. The van der Waals surface area contributed by atoms with E-state index in [0.717, 1.165) is 11.1 Å². The smallest absolute Gasteiger partial charge is 0.308 e. The summed E-state index contributed by atoms with van der Waals surface area (Å²) in [5, 5.41) is 9.55. The molecule has 1 aromatic heterocycles. The number of aromatic nitrogens is 1. The number of hydrogen-bond donors (Lipinski definition) is 1. The lowest BCUT2D eigenvalue weighted by Crippen LogP contribution is -2.18. The van der Waals surface area contributed by atoms with Crippen molar-refractivity contribution >= 4 is 16.9 Å². The molecule has 110 valence electrons. The first-order valence-electron chi connectivity index (χ1n) is 7.02. The summed E-state index contributed by atoms with van der Waals surface area (Å²) in [6, 6.07) is 17.2. The highest BCUT2D eigenvalue weighted by atomic mass is 16.4. The second-order valence-corrected chi connectivity index (χ2v) is 5.18. The number of fused-ring (bicyclic) bond motifs is 1. The van der Waals surface area contributed by atoms with Gasteiger partial charge in [0.2, 0.25) is 0 Å². The summed E-state index contributed by atoms with van der Waals surface area (Å²) in [5.41, 5.74) is 2.01. The molecule has 0 amide bonds. The molecule has 0 aliphatic heterocycles. The highest BCUT2D eigenvalue weighted by Gasteiger charge is 2.11. The largest absolute Gasteiger partial charge is 0.481 e. The Hall–Kier alpha value is -2.88. The second kappa shape index (κ2) is 5.85. The third-order valence-electron chi connectivity index (χ3n) is 3.60. The summed E-state index contributed by atoms with van der Waals surface area (Å²) in [7, 11) is 0. The maximum atomic E-state index is 12.4. The fraction of sp³-hybridized carbons (Fsp3) is 0.111. The normalized spacial score (nSPS) is 10.7. The molecule has 0 spiro atoms. The molecule has 0 saturated carbocycles. The number of carbonyl (C=O) groups is 1. The van der Waals surface area contributed by atoms with Crippen LogP contribution in [0.25, 0.3) is 10.9 Å². The Kier molecular flexibility index (Phi) is 3.74. The van der Waals surface area contributed by atoms with Crippen LogP contribution in [-0.4, -0.2) is 15.6 Å². The minimum Gasteiger partial charge on any atom is -0.481 e. The zero-order valence-electron chi connectivity index (χ0n) is 11.9. The maximum absolute atomic E-state index is 12.4. The van der Waals surface area contributed by atoms with E-state index in [2.05, 4.69) is 0 Å². The van der Waals surface area contributed by atoms with Crippen LogP contribution < -0.4 is 5.43 Å². The Labute approximate surface area is 127 Å². The van der Waals surface area contributed by atoms with Crippen molar-refractivity contribution in [3.05, 3.63) is 82.1 Å². The van der Waals surface area contributed by atoms with Gasteiger partial charge in [-0.15, -0.1) is 0 Å². The number of benzene rings is 2. The fourth-order valence-corrected chi connectivity index (χ4v) is 2.61. The summed E-state index contributed by atoms with van der Waals surface area (Å²) in [6.45, 7) is 0.592. The number of para-hydroxylation sites is 1. The molecule has 2 aromatic carbocycles. The number of aliphatic carboxylic acids is 1. The average molecular weight is 293 g/mol. The standard InChI is InChI=1S/C18H15NO3/c20-17(21)10-14-12-19(11-13-6-2-1-3-7-13)16-9-5-4-8-15(16)18(14)22/h1-9,12H,10-11H2,(H,20,21). The summed E-state index contributed by atoms with van der Waals surface area (Å²) in [5.74, 6) is -1.00. The highest BCUT2D eigenvalue weighted by molar-refractivity contribution is 5.81. The molecule has 4 nitrogen and oxygen atoms in total. The van der Waals surface area contributed by atoms with E-state index >= 15 is 0 Å². The quantitative estimate of drug-likeness (QED) is 0.804. The summed E-state index contributed by atoms with van der Waals surface area (Å²) in [4.78, 5) is 23.4. The lowest BCUT2D eigenvalue weighted by molar-refractivity contribution is -0.136. The van der Waals surface area contributed by atoms with Crippen molar-refractivity contribution in [2.24, 2.45) is 0 Å². The highest BCUT2D eigenvalue weighted by Crippen LogP contribution is 2.14. The number of carboxylic acids is 1. The van der Waals surface area contributed by atoms with Gasteiger partial charge in [0.1, 0.15) is 0 Å². The lowest BCUT2D eigenvalue weighted by Gasteiger charge is -2.13. The molecule has 0 radical (unpaired) electrons. The van der Waals surface area contributed by atoms with Gasteiger partial charge in [0.25, 0.3) is 0 Å². The SMILES string of the molecule is O=C(O)Cc1cn(Cc2ccccc2)c2ccccc2c1=O. The molecule has 4 heteroatoms. The average Bonchev–Trinajstić information content (AvgIpc) is 2.52. The molecule has 1 heterocycles. The van der Waals surface area contributed by atoms with Crippen molar-refractivity contribution in [1.29, 1.82) is 0 Å². The van der Waals surface area contributed by atoms with Crippen LogP contribution >= 0.6 is 0 Å². The number of carboxylic acid groups (broad SMARTS) is 1. The Balaban J connectivity index is 2.17. The van der Waals surface area contributed by atoms with Crippen LogP contribution in [0.15, 0.2) is 65.6 Å². The van der Waals surface area contributed by atoms with Crippen LogP contribution in [-0.2, 0) is 17.8 Å². The third kappa shape index (κ3) is 2.76. The summed E-state index contributed by atoms with van der Waals surface area (Å²) >= 11 is 0. The van der Waals surface area contributed by atoms with Gasteiger partial charge in [-0.25, -0.2) is 0 Å². The molecule has 0 unspecified atom stereocenters. The third-order valence-corrected chi connectivity index (χ3v) is 3.60. The van der Waals surface area contributed by atoms with Crippen LogP contribution in [0.1, 0.15) is 11.1 Å². The molecular weight excluding hydrogens is 278 g/mol. The second-order valence-electron chi connectivity index (χ2n) is 5.18. The monoisotopic (exact) mass is 293 g/mol. The van der Waals surface area contributed by atoms with Gasteiger partial charge in [-0.2, -0.15) is 0 Å². The van der Waals surface area contributed by atoms with E-state index in [1.165, 1.54) is 0 Å². The predicted molar refractivity (Wildman–Crippen MR) is 85.1 cm³/mol. The van der Waals surface area contributed by atoms with Crippen molar-refractivity contribution in [1.82, 2.24) is 4.57 Å². The van der Waals surface area contributed by atoms with E-state index in [4.69, 9.17) is 5.11 Å². The number of pyridine rings is 1. The number of rotatable bonds is 4. The molecular formula is C18H15NO3. The number of nitrogens with zero attached hydrogens (tertiary/aromatic N) is 1. The molecule has 3 rings (SSSR count). The van der Waals surface area contributed by atoms with Gasteiger partial charge in [-0.05, 0) is 17.7 Å². The molecule has 0 aliphatic rings. The Morgan fingerprint density at radius 3 is 2.41 bits per heavy atom. The maximum Gasteiger partial charge on any atom is 0.308 e. The van der Waals surface area contributed by atoms with Crippen molar-refractivity contribution < 1.29 is 9.90 Å². The van der Waals surface area contributed by atoms with E-state index in [1.54, 1.807) is 18.3 Å². The van der Waals surface area contributed by atoms with E-state index in [1.807, 2.05) is 47.0 Å². The van der Waals surface area contributed by atoms with Gasteiger partial charge >= 0.3 is 5.97 Å². The first kappa shape index (κ1) is 14.1. The van der Waals surface area contributed by atoms with E-state index in [9.17, 15) is 9.59 Å². The number of hydrogen-bond acceptors (Lipinski definition) is 2. The van der Waals surface area contributed by atoms with Crippen LogP contribution in [0.2, 0.25) is 0 Å². The molecule has 0 fully saturated rings. The van der Waals surface area contributed by atoms with Gasteiger partial charge in [0, 0.05) is 23.7 Å². The first-order valence-corrected chi connectivity index (χ1v) is 7.02. The van der Waals surface area contributed by atoms with Crippen LogP contribution in [0.5, 0.6) is 0 Å². The topological polar surface area (TPSA) is 59.3 Å².